The molecule has 2 atom stereocenters. The number of rotatable bonds is 6. The van der Waals surface area contributed by atoms with Gasteiger partial charge in [0.1, 0.15) is 5.76 Å². The first-order valence-corrected chi connectivity index (χ1v) is 7.40. The van der Waals surface area contributed by atoms with Gasteiger partial charge in [-0.05, 0) is 37.9 Å². The molecule has 4 nitrogen and oxygen atoms in total. The fourth-order valence-corrected chi connectivity index (χ4v) is 3.80. The first-order chi connectivity index (χ1) is 8.66. The average Bonchev–Trinajstić information content (AvgIpc) is 2.96. The van der Waals surface area contributed by atoms with Crippen LogP contribution in [0.3, 0.4) is 0 Å². The molecule has 1 heterocycles. The third-order valence-corrected chi connectivity index (χ3v) is 4.82. The molecule has 2 unspecified atom stereocenters. The number of nitrogens with two attached hydrogens (primary N) is 1. The lowest BCUT2D eigenvalue weighted by atomic mass is 9.97. The van der Waals surface area contributed by atoms with Gasteiger partial charge < -0.3 is 15.5 Å². The Morgan fingerprint density at radius 3 is 3.17 bits per heavy atom. The molecule has 1 aliphatic rings. The van der Waals surface area contributed by atoms with Gasteiger partial charge in [0.15, 0.2) is 0 Å². The fraction of sp³-hybridized carbons (Fsp3) is 0.615. The van der Waals surface area contributed by atoms with Crippen molar-refractivity contribution in [1.29, 1.82) is 0 Å². The number of carbonyl (C=O) groups is 1. The highest BCUT2D eigenvalue weighted by Gasteiger charge is 2.43. The standard InChI is InChI=1S/C13H20N2O2S/c1-2-15-13(12(14)16)6-5-11(8-13)18-9-10-4-3-7-17-10/h3-4,7,11,15H,2,5-6,8-9H2,1H3,(H2,14,16). The highest BCUT2D eigenvalue weighted by molar-refractivity contribution is 7.99. The highest BCUT2D eigenvalue weighted by atomic mass is 32.2. The highest BCUT2D eigenvalue weighted by Crippen LogP contribution is 2.38. The lowest BCUT2D eigenvalue weighted by Gasteiger charge is -2.26. The normalized spacial score (nSPS) is 27.5. The Kier molecular flexibility index (Phi) is 4.35. The van der Waals surface area contributed by atoms with E-state index in [1.165, 1.54) is 0 Å². The molecule has 3 N–H and O–H groups in total. The predicted molar refractivity (Wildman–Crippen MR) is 73.2 cm³/mol. The van der Waals surface area contributed by atoms with E-state index in [4.69, 9.17) is 10.2 Å². The maximum Gasteiger partial charge on any atom is 0.237 e. The Morgan fingerprint density at radius 1 is 1.72 bits per heavy atom. The smallest absolute Gasteiger partial charge is 0.237 e. The summed E-state index contributed by atoms with van der Waals surface area (Å²) >= 11 is 1.85. The summed E-state index contributed by atoms with van der Waals surface area (Å²) in [7, 11) is 0. The Balaban J connectivity index is 1.88. The number of nitrogens with one attached hydrogen (secondary N) is 1. The van der Waals surface area contributed by atoms with Crippen molar-refractivity contribution in [2.75, 3.05) is 6.54 Å². The van der Waals surface area contributed by atoms with Gasteiger partial charge in [0.2, 0.25) is 5.91 Å². The molecule has 0 radical (unpaired) electrons. The lowest BCUT2D eigenvalue weighted by molar-refractivity contribution is -0.124. The summed E-state index contributed by atoms with van der Waals surface area (Å²) in [5, 5.41) is 3.74. The molecule has 1 aromatic rings. The van der Waals surface area contributed by atoms with Crippen molar-refractivity contribution in [3.05, 3.63) is 24.2 Å². The molecule has 18 heavy (non-hydrogen) atoms. The summed E-state index contributed by atoms with van der Waals surface area (Å²) in [6, 6.07) is 3.88. The summed E-state index contributed by atoms with van der Waals surface area (Å²) < 4.78 is 5.31. The molecular weight excluding hydrogens is 248 g/mol. The molecule has 5 heteroatoms. The first-order valence-electron chi connectivity index (χ1n) is 6.35. The van der Waals surface area contributed by atoms with E-state index in [2.05, 4.69) is 5.32 Å². The zero-order valence-corrected chi connectivity index (χ0v) is 11.5. The van der Waals surface area contributed by atoms with E-state index >= 15 is 0 Å². The fourth-order valence-electron chi connectivity index (χ4n) is 2.55. The van der Waals surface area contributed by atoms with Crippen molar-refractivity contribution >= 4 is 17.7 Å². The molecule has 1 saturated carbocycles. The van der Waals surface area contributed by atoms with Crippen LogP contribution in [0.25, 0.3) is 0 Å². The van der Waals surface area contributed by atoms with E-state index in [1.807, 2.05) is 30.8 Å². The maximum atomic E-state index is 11.6. The van der Waals surface area contributed by atoms with E-state index in [0.717, 1.165) is 37.3 Å². The summed E-state index contributed by atoms with van der Waals surface area (Å²) in [5.41, 5.74) is 5.05. The number of hydrogen-bond acceptors (Lipinski definition) is 4. The number of amides is 1. The first kappa shape index (κ1) is 13.5. The van der Waals surface area contributed by atoms with Crippen LogP contribution in [0.2, 0.25) is 0 Å². The van der Waals surface area contributed by atoms with Crippen LogP contribution in [0, 0.1) is 0 Å². The third-order valence-electron chi connectivity index (χ3n) is 3.50. The van der Waals surface area contributed by atoms with Crippen LogP contribution in [0.1, 0.15) is 31.9 Å². The summed E-state index contributed by atoms with van der Waals surface area (Å²) in [6.45, 7) is 2.78. The van der Waals surface area contributed by atoms with Gasteiger partial charge in [-0.15, -0.1) is 0 Å². The van der Waals surface area contributed by atoms with Crippen LogP contribution in [0.4, 0.5) is 0 Å². The van der Waals surface area contributed by atoms with Crippen molar-refractivity contribution < 1.29 is 9.21 Å². The van der Waals surface area contributed by atoms with E-state index < -0.39 is 5.54 Å². The van der Waals surface area contributed by atoms with Crippen LogP contribution in [-0.2, 0) is 10.5 Å². The van der Waals surface area contributed by atoms with Gasteiger partial charge >= 0.3 is 0 Å². The van der Waals surface area contributed by atoms with Crippen molar-refractivity contribution in [3.63, 3.8) is 0 Å². The molecule has 0 spiro atoms. The van der Waals surface area contributed by atoms with Crippen LogP contribution in [0.15, 0.2) is 22.8 Å². The molecule has 2 rings (SSSR count). The van der Waals surface area contributed by atoms with E-state index in [-0.39, 0.29) is 5.91 Å². The van der Waals surface area contributed by atoms with Crippen LogP contribution in [0.5, 0.6) is 0 Å². The summed E-state index contributed by atoms with van der Waals surface area (Å²) in [5.74, 6) is 1.63. The third kappa shape index (κ3) is 2.90. The van der Waals surface area contributed by atoms with Gasteiger partial charge in [-0.1, -0.05) is 6.92 Å². The molecule has 0 saturated heterocycles. The number of primary amides is 1. The Labute approximate surface area is 112 Å². The second-order valence-corrected chi connectivity index (χ2v) is 6.02. The van der Waals surface area contributed by atoms with Gasteiger partial charge in [-0.3, -0.25) is 4.79 Å². The zero-order valence-electron chi connectivity index (χ0n) is 10.6. The van der Waals surface area contributed by atoms with Gasteiger partial charge in [0.25, 0.3) is 0 Å². The molecule has 1 fully saturated rings. The van der Waals surface area contributed by atoms with Gasteiger partial charge in [-0.25, -0.2) is 0 Å². The van der Waals surface area contributed by atoms with Crippen molar-refractivity contribution in [2.45, 2.75) is 42.7 Å². The number of furan rings is 1. The largest absolute Gasteiger partial charge is 0.468 e. The van der Waals surface area contributed by atoms with Gasteiger partial charge in [-0.2, -0.15) is 11.8 Å². The zero-order chi connectivity index (χ0) is 13.0. The van der Waals surface area contributed by atoms with Gasteiger partial charge in [0.05, 0.1) is 17.6 Å². The second kappa shape index (κ2) is 5.80. The monoisotopic (exact) mass is 268 g/mol. The van der Waals surface area contributed by atoms with E-state index in [1.54, 1.807) is 6.26 Å². The molecule has 1 aliphatic carbocycles. The predicted octanol–water partition coefficient (Wildman–Crippen LogP) is 1.90. The number of hydrogen-bond donors (Lipinski definition) is 2. The lowest BCUT2D eigenvalue weighted by Crippen LogP contribution is -2.53. The van der Waals surface area contributed by atoms with E-state index in [9.17, 15) is 4.79 Å². The molecule has 100 valence electrons. The Hall–Kier alpha value is -0.940. The Morgan fingerprint density at radius 2 is 2.56 bits per heavy atom. The second-order valence-electron chi connectivity index (χ2n) is 4.73. The molecule has 1 aromatic heterocycles. The quantitative estimate of drug-likeness (QED) is 0.827. The van der Waals surface area contributed by atoms with Crippen LogP contribution >= 0.6 is 11.8 Å². The molecule has 0 aliphatic heterocycles. The minimum absolute atomic E-state index is 0.217. The molecule has 0 bridgehead atoms. The maximum absolute atomic E-state index is 11.6. The number of carbonyl (C=O) groups excluding carboxylic acids is 1. The number of likely N-dealkylation sites (N-methyl/N-ethyl adjacent to an activating group) is 1. The minimum atomic E-state index is -0.490. The Bertz CT molecular complexity index is 394. The topological polar surface area (TPSA) is 68.3 Å². The van der Waals surface area contributed by atoms with Crippen LogP contribution in [-0.4, -0.2) is 23.2 Å². The number of thioether (sulfide) groups is 1. The summed E-state index contributed by atoms with van der Waals surface area (Å²) in [6.07, 6.45) is 4.38. The molecule has 0 aromatic carbocycles. The molecule has 1 amide bonds. The summed E-state index contributed by atoms with van der Waals surface area (Å²) in [4.78, 5) is 11.6. The van der Waals surface area contributed by atoms with Crippen molar-refractivity contribution in [3.8, 4) is 0 Å². The van der Waals surface area contributed by atoms with Crippen molar-refractivity contribution in [2.24, 2.45) is 5.73 Å². The SMILES string of the molecule is CCNC1(C(N)=O)CCC(SCc2ccco2)C1. The average molecular weight is 268 g/mol. The van der Waals surface area contributed by atoms with Crippen LogP contribution < -0.4 is 11.1 Å². The molecular formula is C13H20N2O2S. The van der Waals surface area contributed by atoms with Gasteiger partial charge in [0, 0.05) is 5.25 Å². The minimum Gasteiger partial charge on any atom is -0.468 e. The van der Waals surface area contributed by atoms with Crippen molar-refractivity contribution in [1.82, 2.24) is 5.32 Å². The van der Waals surface area contributed by atoms with E-state index in [0.29, 0.717) is 5.25 Å².